The number of carbonyl (C=O) groups excluding carboxylic acids is 1. The molecule has 0 bridgehead atoms. The molecule has 0 radical (unpaired) electrons. The van der Waals surface area contributed by atoms with Gasteiger partial charge in [-0.2, -0.15) is 0 Å². The van der Waals surface area contributed by atoms with Crippen LogP contribution in [0.15, 0.2) is 30.6 Å². The molecule has 4 rings (SSSR count). The molecule has 1 atom stereocenters. The van der Waals surface area contributed by atoms with Gasteiger partial charge in [-0.25, -0.2) is 0 Å². The molecule has 10 nitrogen and oxygen atoms in total. The van der Waals surface area contributed by atoms with Gasteiger partial charge in [0.2, 0.25) is 18.2 Å². The van der Waals surface area contributed by atoms with E-state index in [4.69, 9.17) is 9.47 Å². The summed E-state index contributed by atoms with van der Waals surface area (Å²) in [7, 11) is 1.72. The number of anilines is 1. The number of nitrogens with zero attached hydrogens (tertiary/aromatic N) is 5. The van der Waals surface area contributed by atoms with E-state index in [-0.39, 0.29) is 18.3 Å². The van der Waals surface area contributed by atoms with E-state index in [1.165, 1.54) is 6.33 Å². The summed E-state index contributed by atoms with van der Waals surface area (Å²) in [6.45, 7) is 2.03. The highest BCUT2D eigenvalue weighted by molar-refractivity contribution is 5.82. The maximum Gasteiger partial charge on any atom is 0.406 e. The lowest BCUT2D eigenvalue weighted by molar-refractivity contribution is -0.388. The fourth-order valence-corrected chi connectivity index (χ4v) is 3.39. The highest BCUT2D eigenvalue weighted by Crippen LogP contribution is 2.32. The molecule has 1 unspecified atom stereocenters. The smallest absolute Gasteiger partial charge is 0.406 e. The molecule has 1 saturated heterocycles. The molecule has 10 heteroatoms. The second kappa shape index (κ2) is 6.78. The standard InChI is InChI=1S/C17H19N5O5/c1-19-11-18-15(22(24)25)16(19)20-6-8-21(9-7-20)17(23)14-10-26-12-4-2-3-5-13(12)27-14/h2-5,11,14H,6-10H2,1H3. The first-order valence-corrected chi connectivity index (χ1v) is 8.62. The van der Waals surface area contributed by atoms with Crippen LogP contribution >= 0.6 is 0 Å². The topological polar surface area (TPSA) is 103 Å². The Morgan fingerprint density at radius 1 is 1.22 bits per heavy atom. The van der Waals surface area contributed by atoms with Crippen molar-refractivity contribution in [2.45, 2.75) is 6.10 Å². The molecule has 2 aliphatic heterocycles. The van der Waals surface area contributed by atoms with Crippen molar-refractivity contribution in [3.05, 3.63) is 40.7 Å². The number of imidazole rings is 1. The van der Waals surface area contributed by atoms with E-state index < -0.39 is 11.0 Å². The van der Waals surface area contributed by atoms with Gasteiger partial charge in [0.1, 0.15) is 6.61 Å². The second-order valence-corrected chi connectivity index (χ2v) is 6.44. The van der Waals surface area contributed by atoms with Crippen LogP contribution in [0, 0.1) is 10.1 Å². The van der Waals surface area contributed by atoms with E-state index in [1.807, 2.05) is 17.0 Å². The number of benzene rings is 1. The Hall–Kier alpha value is -3.30. The lowest BCUT2D eigenvalue weighted by atomic mass is 10.2. The number of para-hydroxylation sites is 2. The van der Waals surface area contributed by atoms with Crippen LogP contribution in [0.3, 0.4) is 0 Å². The zero-order valence-electron chi connectivity index (χ0n) is 14.8. The number of hydrogen-bond donors (Lipinski definition) is 0. The lowest BCUT2D eigenvalue weighted by Crippen LogP contribution is -2.54. The number of nitro groups is 1. The maximum absolute atomic E-state index is 12.8. The Labute approximate surface area is 155 Å². The molecule has 0 aliphatic carbocycles. The third kappa shape index (κ3) is 3.14. The van der Waals surface area contributed by atoms with Crippen LogP contribution < -0.4 is 14.4 Å². The van der Waals surface area contributed by atoms with Crippen LogP contribution in [0.1, 0.15) is 0 Å². The number of aromatic nitrogens is 2. The predicted molar refractivity (Wildman–Crippen MR) is 95.0 cm³/mol. The van der Waals surface area contributed by atoms with E-state index in [9.17, 15) is 14.9 Å². The van der Waals surface area contributed by atoms with Gasteiger partial charge in [0, 0.05) is 33.2 Å². The SMILES string of the molecule is Cn1cnc([N+](=O)[O-])c1N1CCN(C(=O)C2COc3ccccc3O2)CC1. The van der Waals surface area contributed by atoms with Crippen molar-refractivity contribution in [3.63, 3.8) is 0 Å². The third-order valence-corrected chi connectivity index (χ3v) is 4.74. The molecule has 1 amide bonds. The van der Waals surface area contributed by atoms with Crippen LogP contribution in [0.4, 0.5) is 11.6 Å². The minimum absolute atomic E-state index is 0.136. The third-order valence-electron chi connectivity index (χ3n) is 4.74. The molecule has 2 aromatic rings. The van der Waals surface area contributed by atoms with E-state index in [0.29, 0.717) is 43.5 Å². The number of amides is 1. The van der Waals surface area contributed by atoms with Crippen LogP contribution in [0.2, 0.25) is 0 Å². The van der Waals surface area contributed by atoms with Gasteiger partial charge in [0.15, 0.2) is 11.5 Å². The fraction of sp³-hybridized carbons (Fsp3) is 0.412. The molecular formula is C17H19N5O5. The van der Waals surface area contributed by atoms with Gasteiger partial charge in [-0.05, 0) is 22.0 Å². The molecule has 1 fully saturated rings. The Morgan fingerprint density at radius 3 is 2.63 bits per heavy atom. The van der Waals surface area contributed by atoms with Crippen molar-refractivity contribution in [2.75, 3.05) is 37.7 Å². The highest BCUT2D eigenvalue weighted by Gasteiger charge is 2.34. The van der Waals surface area contributed by atoms with Crippen molar-refractivity contribution < 1.29 is 19.2 Å². The Kier molecular flexibility index (Phi) is 4.30. The lowest BCUT2D eigenvalue weighted by Gasteiger charge is -2.37. The summed E-state index contributed by atoms with van der Waals surface area (Å²) in [5.74, 6) is 1.35. The molecule has 0 spiro atoms. The summed E-state index contributed by atoms with van der Waals surface area (Å²) < 4.78 is 13.0. The van der Waals surface area contributed by atoms with Crippen molar-refractivity contribution in [3.8, 4) is 11.5 Å². The number of rotatable bonds is 3. The number of piperazine rings is 1. The average molecular weight is 373 g/mol. The molecule has 142 valence electrons. The molecule has 27 heavy (non-hydrogen) atoms. The van der Waals surface area contributed by atoms with Crippen molar-refractivity contribution in [2.24, 2.45) is 7.05 Å². The van der Waals surface area contributed by atoms with Gasteiger partial charge in [0.05, 0.1) is 0 Å². The van der Waals surface area contributed by atoms with Crippen LogP contribution in [-0.4, -0.2) is 64.2 Å². The van der Waals surface area contributed by atoms with Crippen molar-refractivity contribution in [1.82, 2.24) is 14.5 Å². The predicted octanol–water partition coefficient (Wildman–Crippen LogP) is 0.817. The fourth-order valence-electron chi connectivity index (χ4n) is 3.39. The minimum Gasteiger partial charge on any atom is -0.485 e. The second-order valence-electron chi connectivity index (χ2n) is 6.44. The first-order chi connectivity index (χ1) is 13.0. The van der Waals surface area contributed by atoms with Gasteiger partial charge in [0.25, 0.3) is 5.91 Å². The quantitative estimate of drug-likeness (QED) is 0.579. The zero-order chi connectivity index (χ0) is 19.0. The minimum atomic E-state index is -0.683. The monoisotopic (exact) mass is 373 g/mol. The molecule has 1 aromatic carbocycles. The summed E-state index contributed by atoms with van der Waals surface area (Å²) >= 11 is 0. The normalized spacial score (nSPS) is 19.1. The van der Waals surface area contributed by atoms with Crippen molar-refractivity contribution >= 4 is 17.5 Å². The zero-order valence-corrected chi connectivity index (χ0v) is 14.8. The van der Waals surface area contributed by atoms with Gasteiger partial charge < -0.3 is 29.4 Å². The Morgan fingerprint density at radius 2 is 1.93 bits per heavy atom. The van der Waals surface area contributed by atoms with Crippen molar-refractivity contribution in [1.29, 1.82) is 0 Å². The number of fused-ring (bicyclic) bond motifs is 1. The Bertz CT molecular complexity index is 874. The number of aryl methyl sites for hydroxylation is 1. The average Bonchev–Trinajstić information content (AvgIpc) is 3.09. The van der Waals surface area contributed by atoms with E-state index in [2.05, 4.69) is 4.98 Å². The highest BCUT2D eigenvalue weighted by atomic mass is 16.6. The molecule has 0 N–H and O–H groups in total. The first kappa shape index (κ1) is 17.1. The van der Waals surface area contributed by atoms with Crippen LogP contribution in [0.25, 0.3) is 0 Å². The molecular weight excluding hydrogens is 354 g/mol. The van der Waals surface area contributed by atoms with Gasteiger partial charge in [-0.3, -0.25) is 9.36 Å². The number of carbonyl (C=O) groups is 1. The van der Waals surface area contributed by atoms with Crippen LogP contribution in [0.5, 0.6) is 11.5 Å². The van der Waals surface area contributed by atoms with Gasteiger partial charge >= 0.3 is 5.82 Å². The van der Waals surface area contributed by atoms with E-state index in [0.717, 1.165) is 0 Å². The molecule has 0 saturated carbocycles. The Balaban J connectivity index is 1.41. The summed E-state index contributed by atoms with van der Waals surface area (Å²) in [6.07, 6.45) is 0.743. The van der Waals surface area contributed by atoms with Gasteiger partial charge in [-0.1, -0.05) is 12.1 Å². The first-order valence-electron chi connectivity index (χ1n) is 8.62. The molecule has 3 heterocycles. The molecule has 1 aromatic heterocycles. The summed E-state index contributed by atoms with van der Waals surface area (Å²) in [5.41, 5.74) is 0. The van der Waals surface area contributed by atoms with E-state index in [1.54, 1.807) is 28.6 Å². The number of hydrogen-bond acceptors (Lipinski definition) is 7. The van der Waals surface area contributed by atoms with E-state index >= 15 is 0 Å². The van der Waals surface area contributed by atoms with Gasteiger partial charge in [-0.15, -0.1) is 0 Å². The maximum atomic E-state index is 12.8. The summed E-state index contributed by atoms with van der Waals surface area (Å²) in [6, 6.07) is 7.25. The summed E-state index contributed by atoms with van der Waals surface area (Å²) in [4.78, 5) is 30.9. The summed E-state index contributed by atoms with van der Waals surface area (Å²) in [5, 5.41) is 11.2. The van der Waals surface area contributed by atoms with Crippen LogP contribution in [-0.2, 0) is 11.8 Å². The largest absolute Gasteiger partial charge is 0.485 e. The molecule has 2 aliphatic rings. The number of ether oxygens (including phenoxy) is 2.